The molecule has 1 amide bonds. The molecule has 0 aliphatic rings. The van der Waals surface area contributed by atoms with E-state index in [9.17, 15) is 4.79 Å². The predicted octanol–water partition coefficient (Wildman–Crippen LogP) is 2.88. The normalized spacial score (nSPS) is 9.96. The molecule has 0 unspecified atom stereocenters. The van der Waals surface area contributed by atoms with E-state index in [0.29, 0.717) is 23.1 Å². The fourth-order valence-corrected chi connectivity index (χ4v) is 2.51. The van der Waals surface area contributed by atoms with Crippen molar-refractivity contribution in [2.24, 2.45) is 0 Å². The Morgan fingerprint density at radius 1 is 1.38 bits per heavy atom. The highest BCUT2D eigenvalue weighted by Crippen LogP contribution is 2.19. The van der Waals surface area contributed by atoms with Gasteiger partial charge in [0.1, 0.15) is 11.5 Å². The second-order valence-corrected chi connectivity index (χ2v) is 5.76. The SMILES string of the molecule is Cc1cc(NC(=O)c2nc[nH]c2C)n(Cc2ccccc2Cl)n1.O=CO. The van der Waals surface area contributed by atoms with Gasteiger partial charge in [0, 0.05) is 16.8 Å². The summed E-state index contributed by atoms with van der Waals surface area (Å²) in [6, 6.07) is 9.38. The Morgan fingerprint density at radius 2 is 2.08 bits per heavy atom. The number of carboxylic acid groups (broad SMARTS) is 1. The van der Waals surface area contributed by atoms with E-state index in [4.69, 9.17) is 21.5 Å². The lowest BCUT2D eigenvalue weighted by Gasteiger charge is -2.09. The van der Waals surface area contributed by atoms with Crippen LogP contribution in [0, 0.1) is 13.8 Å². The summed E-state index contributed by atoms with van der Waals surface area (Å²) >= 11 is 6.20. The van der Waals surface area contributed by atoms with E-state index < -0.39 is 0 Å². The molecule has 136 valence electrons. The van der Waals surface area contributed by atoms with E-state index in [1.165, 1.54) is 6.33 Å². The smallest absolute Gasteiger partial charge is 0.290 e. The molecule has 9 heteroatoms. The van der Waals surface area contributed by atoms with Crippen LogP contribution < -0.4 is 5.32 Å². The number of aromatic nitrogens is 4. The van der Waals surface area contributed by atoms with E-state index >= 15 is 0 Å². The van der Waals surface area contributed by atoms with Crippen LogP contribution in [-0.2, 0) is 11.3 Å². The number of hydrogen-bond donors (Lipinski definition) is 3. The molecule has 0 aliphatic heterocycles. The number of rotatable bonds is 4. The molecule has 0 spiro atoms. The number of imidazole rings is 1. The maximum Gasteiger partial charge on any atom is 0.290 e. The number of nitrogens with one attached hydrogen (secondary N) is 2. The molecule has 0 atom stereocenters. The number of hydrogen-bond acceptors (Lipinski definition) is 4. The Labute approximate surface area is 154 Å². The van der Waals surface area contributed by atoms with Gasteiger partial charge in [0.25, 0.3) is 12.4 Å². The zero-order valence-corrected chi connectivity index (χ0v) is 15.0. The summed E-state index contributed by atoms with van der Waals surface area (Å²) in [6.45, 7) is 3.90. The maximum absolute atomic E-state index is 12.3. The molecule has 3 N–H and O–H groups in total. The molecular weight excluding hydrogens is 358 g/mol. The van der Waals surface area contributed by atoms with Crippen LogP contribution in [-0.4, -0.2) is 37.2 Å². The number of carbonyl (C=O) groups is 2. The number of carbonyl (C=O) groups excluding carboxylic acids is 1. The Kier molecular flexibility index (Phi) is 6.51. The zero-order chi connectivity index (χ0) is 19.1. The molecule has 0 fully saturated rings. The van der Waals surface area contributed by atoms with Gasteiger partial charge >= 0.3 is 0 Å². The quantitative estimate of drug-likeness (QED) is 0.607. The van der Waals surface area contributed by atoms with Crippen molar-refractivity contribution in [2.75, 3.05) is 5.32 Å². The van der Waals surface area contributed by atoms with Crippen molar-refractivity contribution in [3.05, 3.63) is 64.3 Å². The summed E-state index contributed by atoms with van der Waals surface area (Å²) in [4.78, 5) is 27.6. The Hall–Kier alpha value is -3.13. The summed E-state index contributed by atoms with van der Waals surface area (Å²) in [5, 5.41) is 14.8. The predicted molar refractivity (Wildman–Crippen MR) is 97.5 cm³/mol. The largest absolute Gasteiger partial charge is 0.483 e. The Balaban J connectivity index is 0.000000758. The fraction of sp³-hybridized carbons (Fsp3) is 0.176. The molecule has 0 radical (unpaired) electrons. The van der Waals surface area contributed by atoms with Gasteiger partial charge in [0.05, 0.1) is 18.6 Å². The van der Waals surface area contributed by atoms with Gasteiger partial charge in [-0.05, 0) is 25.5 Å². The monoisotopic (exact) mass is 375 g/mol. The van der Waals surface area contributed by atoms with Crippen LogP contribution in [0.25, 0.3) is 0 Å². The first-order chi connectivity index (χ1) is 12.5. The fourth-order valence-electron chi connectivity index (χ4n) is 2.32. The highest BCUT2D eigenvalue weighted by atomic mass is 35.5. The van der Waals surface area contributed by atoms with Crippen LogP contribution in [0.5, 0.6) is 0 Å². The number of anilines is 1. The van der Waals surface area contributed by atoms with Crippen molar-refractivity contribution in [2.45, 2.75) is 20.4 Å². The topological polar surface area (TPSA) is 113 Å². The number of aromatic amines is 1. The average Bonchev–Trinajstić information content (AvgIpc) is 3.16. The molecule has 8 nitrogen and oxygen atoms in total. The van der Waals surface area contributed by atoms with E-state index in [1.54, 1.807) is 11.6 Å². The standard InChI is InChI=1S/C16H16ClN5O.CH2O2/c1-10-7-14(20-16(23)15-11(2)18-9-19-15)22(21-10)8-12-5-3-4-6-13(12)17;2-1-3/h3-7,9H,8H2,1-2H3,(H,18,19)(H,20,23);1H,(H,2,3). The van der Waals surface area contributed by atoms with Crippen molar-refractivity contribution in [1.29, 1.82) is 0 Å². The zero-order valence-electron chi connectivity index (χ0n) is 14.2. The number of amides is 1. The maximum atomic E-state index is 12.3. The van der Waals surface area contributed by atoms with Gasteiger partial charge in [-0.15, -0.1) is 0 Å². The number of benzene rings is 1. The van der Waals surface area contributed by atoms with E-state index in [2.05, 4.69) is 20.4 Å². The van der Waals surface area contributed by atoms with Crippen LogP contribution in [0.15, 0.2) is 36.7 Å². The molecule has 2 heterocycles. The second-order valence-electron chi connectivity index (χ2n) is 5.36. The number of nitrogens with zero attached hydrogens (tertiary/aromatic N) is 3. The molecule has 0 aliphatic carbocycles. The van der Waals surface area contributed by atoms with E-state index in [-0.39, 0.29) is 12.4 Å². The number of aryl methyl sites for hydroxylation is 2. The highest BCUT2D eigenvalue weighted by molar-refractivity contribution is 6.31. The molecule has 2 aromatic heterocycles. The number of halogens is 1. The van der Waals surface area contributed by atoms with Gasteiger partial charge in [0.2, 0.25) is 0 Å². The van der Waals surface area contributed by atoms with Crippen molar-refractivity contribution >= 4 is 29.8 Å². The molecule has 1 aromatic carbocycles. The summed E-state index contributed by atoms with van der Waals surface area (Å²) in [7, 11) is 0. The lowest BCUT2D eigenvalue weighted by molar-refractivity contribution is -0.122. The number of H-pyrrole nitrogens is 1. The van der Waals surface area contributed by atoms with Crippen LogP contribution in [0.2, 0.25) is 5.02 Å². The minimum atomic E-state index is -0.274. The third-order valence-corrected chi connectivity index (χ3v) is 3.84. The van der Waals surface area contributed by atoms with Crippen molar-refractivity contribution in [1.82, 2.24) is 19.7 Å². The van der Waals surface area contributed by atoms with Gasteiger partial charge in [-0.2, -0.15) is 5.10 Å². The average molecular weight is 376 g/mol. The summed E-state index contributed by atoms with van der Waals surface area (Å²) in [5.74, 6) is 0.332. The van der Waals surface area contributed by atoms with Crippen molar-refractivity contribution in [3.8, 4) is 0 Å². The van der Waals surface area contributed by atoms with Gasteiger partial charge in [-0.25, -0.2) is 9.67 Å². The first-order valence-electron chi connectivity index (χ1n) is 7.63. The summed E-state index contributed by atoms with van der Waals surface area (Å²) in [5.41, 5.74) is 2.83. The van der Waals surface area contributed by atoms with Gasteiger partial charge in [0.15, 0.2) is 0 Å². The molecular formula is C17H18ClN5O3. The minimum absolute atomic E-state index is 0.250. The first-order valence-corrected chi connectivity index (χ1v) is 8.01. The highest BCUT2D eigenvalue weighted by Gasteiger charge is 2.15. The van der Waals surface area contributed by atoms with Crippen molar-refractivity contribution < 1.29 is 14.7 Å². The molecule has 0 bridgehead atoms. The van der Waals surface area contributed by atoms with Crippen LogP contribution in [0.1, 0.15) is 27.4 Å². The van der Waals surface area contributed by atoms with E-state index in [0.717, 1.165) is 17.0 Å². The molecule has 0 saturated carbocycles. The lowest BCUT2D eigenvalue weighted by atomic mass is 10.2. The molecule has 0 saturated heterocycles. The van der Waals surface area contributed by atoms with Crippen LogP contribution >= 0.6 is 11.6 Å². The Bertz CT molecular complexity index is 903. The molecule has 26 heavy (non-hydrogen) atoms. The third-order valence-electron chi connectivity index (χ3n) is 3.47. The first kappa shape index (κ1) is 19.2. The summed E-state index contributed by atoms with van der Waals surface area (Å²) in [6.07, 6.45) is 1.50. The van der Waals surface area contributed by atoms with Gasteiger partial charge in [-0.1, -0.05) is 29.8 Å². The second kappa shape index (κ2) is 8.82. The van der Waals surface area contributed by atoms with Crippen LogP contribution in [0.4, 0.5) is 5.82 Å². The molecule has 3 aromatic rings. The molecule has 3 rings (SSSR count). The third kappa shape index (κ3) is 4.70. The van der Waals surface area contributed by atoms with E-state index in [1.807, 2.05) is 37.3 Å². The van der Waals surface area contributed by atoms with Crippen LogP contribution in [0.3, 0.4) is 0 Å². The minimum Gasteiger partial charge on any atom is -0.483 e. The summed E-state index contributed by atoms with van der Waals surface area (Å²) < 4.78 is 1.72. The van der Waals surface area contributed by atoms with Gasteiger partial charge in [-0.3, -0.25) is 9.59 Å². The van der Waals surface area contributed by atoms with Gasteiger partial charge < -0.3 is 15.4 Å². The Morgan fingerprint density at radius 3 is 2.69 bits per heavy atom. The van der Waals surface area contributed by atoms with Crippen molar-refractivity contribution in [3.63, 3.8) is 0 Å². The lowest BCUT2D eigenvalue weighted by Crippen LogP contribution is -2.17.